The minimum Gasteiger partial charge on any atom is -0.461 e. The van der Waals surface area contributed by atoms with Crippen LogP contribution in [0.2, 0.25) is 0 Å². The van der Waals surface area contributed by atoms with Gasteiger partial charge in [-0.1, -0.05) is 71.7 Å². The second-order valence-electron chi connectivity index (χ2n) is 25.8. The molecule has 37 nitrogen and oxygen atoms in total. The van der Waals surface area contributed by atoms with Crippen LogP contribution in [0.5, 0.6) is 0 Å². The molecule has 39 heteroatoms. The number of nitrogens with one attached hydrogen (secondary N) is 9. The topological polar surface area (TPSA) is 520 Å². The zero-order chi connectivity index (χ0) is 77.7. The van der Waals surface area contributed by atoms with Crippen LogP contribution in [-0.4, -0.2) is 252 Å². The molecule has 4 atom stereocenters. The molecule has 1 aliphatic carbocycles. The van der Waals surface area contributed by atoms with Gasteiger partial charge >= 0.3 is 12.0 Å². The molecule has 3 rings (SSSR count). The summed E-state index contributed by atoms with van der Waals surface area (Å²) in [5, 5.41) is 32.5. The Balaban J connectivity index is 1.65. The highest BCUT2D eigenvalue weighted by Gasteiger charge is 2.32. The number of unbranched alkanes of at least 4 members (excludes halogenated alkanes) is 1. The Bertz CT molecular complexity index is 3240. The molecular formula is C66H110N14O23S2. The number of fused-ring (bicyclic) bond motifs is 1. The molecule has 105 heavy (non-hydrogen) atoms. The summed E-state index contributed by atoms with van der Waals surface area (Å²) in [5.41, 5.74) is 7.45. The van der Waals surface area contributed by atoms with Crippen LogP contribution in [0.1, 0.15) is 142 Å². The monoisotopic (exact) mass is 1530 g/mol. The van der Waals surface area contributed by atoms with Gasteiger partial charge in [0.2, 0.25) is 47.3 Å². The van der Waals surface area contributed by atoms with E-state index in [1.54, 1.807) is 70.5 Å². The summed E-state index contributed by atoms with van der Waals surface area (Å²) in [6.45, 7) is 10.6. The number of aromatic nitrogens is 3. The molecule has 594 valence electrons. The molecule has 0 spiro atoms. The van der Waals surface area contributed by atoms with E-state index in [1.807, 2.05) is 0 Å². The predicted molar refractivity (Wildman–Crippen MR) is 380 cm³/mol. The maximum absolute atomic E-state index is 14.3. The van der Waals surface area contributed by atoms with Gasteiger partial charge in [0.1, 0.15) is 48.9 Å². The molecule has 0 fully saturated rings. The van der Waals surface area contributed by atoms with E-state index >= 15 is 0 Å². The largest absolute Gasteiger partial charge is 0.461 e. The van der Waals surface area contributed by atoms with Gasteiger partial charge in [-0.05, 0) is 75.0 Å². The standard InChI is InChI=1S/C66H110N14O23S2/c1-45(2)53(81)21-22-55(82)69-26-32-99-34-36-101-38-37-100-35-33-98-31-23-56(83)74-50(63(88)76-60(46(3)4)64(89)75-51(14-12-25-72-66(67)91)62(87)73-49-19-17-48(18-20-49)43-103-65(90)47(5)6)13-10-11-24-68-59(86)44-102-54-16-9-7-8-15-52-61(54)77-78-80(52)30-29-79(41-57(84)70-27-39-104(92,93)94)42-58(85)71-28-40-105(95,96)97/h17-20,45-47,50-51,54,60H,7-16,21-44H2,1-6H3,(H,68,86)(H,69,82)(H,70,84)(H,71,85)(H,73,87)(H,74,83)(H,75,89)(H,76,88)(H3,67,72,91)(H,92,93,94)(H,95,96,97)/t50-,51+,54?,60+/m1/s1. The molecule has 2 aromatic rings. The average molecular weight is 1530 g/mol. The van der Waals surface area contributed by atoms with Crippen LogP contribution in [0, 0.1) is 17.8 Å². The summed E-state index contributed by atoms with van der Waals surface area (Å²) in [7, 11) is -8.77. The van der Waals surface area contributed by atoms with E-state index in [0.29, 0.717) is 48.4 Å². The van der Waals surface area contributed by atoms with Crippen LogP contribution in [-0.2, 0) is 116 Å². The van der Waals surface area contributed by atoms with Gasteiger partial charge in [0.25, 0.3) is 20.2 Å². The Morgan fingerprint density at radius 2 is 1.16 bits per heavy atom. The zero-order valence-corrected chi connectivity index (χ0v) is 62.7. The fourth-order valence-corrected chi connectivity index (χ4v) is 10.8. The van der Waals surface area contributed by atoms with E-state index in [0.717, 1.165) is 19.3 Å². The van der Waals surface area contributed by atoms with E-state index in [2.05, 4.69) is 58.2 Å². The third kappa shape index (κ3) is 42.1. The van der Waals surface area contributed by atoms with Gasteiger partial charge in [-0.2, -0.15) is 16.8 Å². The van der Waals surface area contributed by atoms with Gasteiger partial charge < -0.3 is 82.0 Å². The Kier molecular flexibility index (Phi) is 44.0. The summed E-state index contributed by atoms with van der Waals surface area (Å²) >= 11 is 0. The van der Waals surface area contributed by atoms with Crippen LogP contribution in [0.25, 0.3) is 0 Å². The number of anilines is 1. The molecule has 13 N–H and O–H groups in total. The molecule has 0 saturated heterocycles. The van der Waals surface area contributed by atoms with Gasteiger partial charge in [0.15, 0.2) is 0 Å². The number of hydrogen-bond donors (Lipinski definition) is 12. The molecule has 1 aromatic carbocycles. The number of nitrogens with two attached hydrogens (primary N) is 1. The lowest BCUT2D eigenvalue weighted by molar-refractivity contribution is -0.148. The van der Waals surface area contributed by atoms with Gasteiger partial charge in [-0.3, -0.25) is 62.0 Å². The Hall–Kier alpha value is -7.89. The van der Waals surface area contributed by atoms with Crippen molar-refractivity contribution in [1.29, 1.82) is 0 Å². The fourth-order valence-electron chi connectivity index (χ4n) is 10.1. The Labute approximate surface area is 613 Å². The molecule has 1 aromatic heterocycles. The Morgan fingerprint density at radius 3 is 1.75 bits per heavy atom. The summed E-state index contributed by atoms with van der Waals surface area (Å²) in [5.74, 6) is -7.52. The number of carbonyl (C=O) groups is 11. The maximum Gasteiger partial charge on any atom is 0.312 e. The number of amides is 10. The van der Waals surface area contributed by atoms with Crippen molar-refractivity contribution in [2.24, 2.45) is 23.5 Å². The molecule has 1 aliphatic rings. The van der Waals surface area contributed by atoms with Crippen LogP contribution < -0.4 is 53.6 Å². The molecule has 1 unspecified atom stereocenters. The van der Waals surface area contributed by atoms with Crippen molar-refractivity contribution in [1.82, 2.24) is 62.4 Å². The highest BCUT2D eigenvalue weighted by molar-refractivity contribution is 7.86. The number of carbonyl (C=O) groups excluding carboxylic acids is 11. The lowest BCUT2D eigenvalue weighted by atomic mass is 9.99. The number of ketones is 1. The van der Waals surface area contributed by atoms with Crippen LogP contribution in [0.15, 0.2) is 24.3 Å². The highest BCUT2D eigenvalue weighted by atomic mass is 32.2. The SMILES string of the molecule is CC(C)C(=O)CCC(=O)NCCOCCOCCOCCOCCC(=O)N[C@H](CCCCNC(=O)COC1CCCCCc2c1nnn2CCN(CC(=O)NCCS(=O)(=O)O)CC(=O)NCCS(=O)(=O)O)C(=O)N[C@H](C(=O)N[C@@H](CCCNC(N)=O)C(=O)Nc1ccc(COC(=O)C(C)C)cc1)C(C)C. The summed E-state index contributed by atoms with van der Waals surface area (Å²) in [6.07, 6.45) is 3.69. The van der Waals surface area contributed by atoms with E-state index in [1.165, 1.54) is 4.90 Å². The first-order chi connectivity index (χ1) is 49.8. The normalized spacial score (nSPS) is 14.0. The van der Waals surface area contributed by atoms with Crippen molar-refractivity contribution in [3.05, 3.63) is 41.2 Å². The zero-order valence-electron chi connectivity index (χ0n) is 61.0. The van der Waals surface area contributed by atoms with E-state index in [9.17, 15) is 69.6 Å². The minimum absolute atomic E-state index is 0.0122. The van der Waals surface area contributed by atoms with E-state index in [-0.39, 0.29) is 167 Å². The van der Waals surface area contributed by atoms with Crippen LogP contribution in [0.4, 0.5) is 10.5 Å². The lowest BCUT2D eigenvalue weighted by Crippen LogP contribution is -2.57. The van der Waals surface area contributed by atoms with Crippen molar-refractivity contribution in [3.8, 4) is 0 Å². The van der Waals surface area contributed by atoms with Crippen LogP contribution >= 0.6 is 0 Å². The minimum atomic E-state index is -4.38. The highest BCUT2D eigenvalue weighted by Crippen LogP contribution is 2.29. The number of Topliss-reactive ketones (excluding diaryl/α,β-unsaturated/α-hetero) is 1. The van der Waals surface area contributed by atoms with Crippen molar-refractivity contribution in [2.75, 3.05) is 129 Å². The van der Waals surface area contributed by atoms with Gasteiger partial charge in [0, 0.05) is 70.1 Å². The second kappa shape index (κ2) is 50.6. The maximum atomic E-state index is 14.3. The number of primary amides is 1. The van der Waals surface area contributed by atoms with Crippen molar-refractivity contribution in [3.63, 3.8) is 0 Å². The number of benzene rings is 1. The first-order valence-electron chi connectivity index (χ1n) is 35.4. The lowest BCUT2D eigenvalue weighted by Gasteiger charge is -2.27. The number of hydrogen-bond acceptors (Lipinski definition) is 24. The third-order valence-electron chi connectivity index (χ3n) is 15.9. The molecule has 0 bridgehead atoms. The number of ether oxygens (including phenoxy) is 6. The summed E-state index contributed by atoms with van der Waals surface area (Å²) in [4.78, 5) is 143. The molecule has 1 heterocycles. The molecule has 0 radical (unpaired) electrons. The van der Waals surface area contributed by atoms with Gasteiger partial charge in [-0.25, -0.2) is 9.48 Å². The quantitative estimate of drug-likeness (QED) is 0.0226. The van der Waals surface area contributed by atoms with Gasteiger partial charge in [0.05, 0.1) is 95.6 Å². The summed E-state index contributed by atoms with van der Waals surface area (Å²) in [6, 6.07) is 2.11. The van der Waals surface area contributed by atoms with Crippen LogP contribution in [0.3, 0.4) is 0 Å². The number of esters is 1. The second-order valence-corrected chi connectivity index (χ2v) is 29.0. The number of urea groups is 1. The first kappa shape index (κ1) is 91.3. The first-order valence-corrected chi connectivity index (χ1v) is 38.6. The average Bonchev–Trinajstić information content (AvgIpc) is 1.71. The number of nitrogens with zero attached hydrogens (tertiary/aromatic N) is 4. The summed E-state index contributed by atoms with van der Waals surface area (Å²) < 4.78 is 98.2. The predicted octanol–water partition coefficient (Wildman–Crippen LogP) is -0.476. The third-order valence-corrected chi connectivity index (χ3v) is 17.4. The van der Waals surface area contributed by atoms with Crippen molar-refractivity contribution >= 4 is 91.0 Å². The Morgan fingerprint density at radius 1 is 0.590 bits per heavy atom. The molecule has 0 saturated carbocycles. The van der Waals surface area contributed by atoms with Crippen molar-refractivity contribution in [2.45, 2.75) is 162 Å². The molecule has 10 amide bonds. The number of rotatable bonds is 55. The van der Waals surface area contributed by atoms with E-state index < -0.39 is 135 Å². The van der Waals surface area contributed by atoms with Crippen molar-refractivity contribution < 1.29 is 107 Å². The smallest absolute Gasteiger partial charge is 0.312 e. The molecule has 0 aliphatic heterocycles. The fraction of sp³-hybridized carbons (Fsp3) is 0.712. The van der Waals surface area contributed by atoms with Gasteiger partial charge in [-0.15, -0.1) is 5.10 Å². The molecular weight excluding hydrogens is 1420 g/mol. The van der Waals surface area contributed by atoms with E-state index in [4.69, 9.17) is 43.3 Å².